The van der Waals surface area contributed by atoms with Crippen LogP contribution >= 0.6 is 11.8 Å². The summed E-state index contributed by atoms with van der Waals surface area (Å²) in [6.45, 7) is 2.98. The van der Waals surface area contributed by atoms with Crippen LogP contribution in [0.1, 0.15) is 36.5 Å². The Morgan fingerprint density at radius 3 is 2.79 bits per heavy atom. The minimum atomic E-state index is -0.146. The number of thioether (sulfide) groups is 1. The zero-order valence-electron chi connectivity index (χ0n) is 11.3. The highest BCUT2D eigenvalue weighted by atomic mass is 32.2. The van der Waals surface area contributed by atoms with Crippen LogP contribution in [0, 0.1) is 0 Å². The van der Waals surface area contributed by atoms with Crippen molar-refractivity contribution in [2.45, 2.75) is 31.8 Å². The molecule has 19 heavy (non-hydrogen) atoms. The lowest BCUT2D eigenvalue weighted by molar-refractivity contribution is 0.0481. The molecule has 0 bridgehead atoms. The zero-order valence-corrected chi connectivity index (χ0v) is 12.1. The molecule has 3 rings (SSSR count). The first-order valence-electron chi connectivity index (χ1n) is 7.04. The molecule has 102 valence electrons. The molecule has 0 radical (unpaired) electrons. The van der Waals surface area contributed by atoms with Gasteiger partial charge in [-0.25, -0.2) is 0 Å². The number of nitrogens with one attached hydrogen (secondary N) is 1. The van der Waals surface area contributed by atoms with E-state index in [1.165, 1.54) is 0 Å². The van der Waals surface area contributed by atoms with E-state index < -0.39 is 0 Å². The maximum atomic E-state index is 12.8. The van der Waals surface area contributed by atoms with Gasteiger partial charge in [-0.2, -0.15) is 11.8 Å². The van der Waals surface area contributed by atoms with Crippen molar-refractivity contribution in [1.82, 2.24) is 4.90 Å². The Hall–Kier alpha value is -1.16. The fourth-order valence-corrected chi connectivity index (χ4v) is 4.25. The van der Waals surface area contributed by atoms with E-state index in [2.05, 4.69) is 17.1 Å². The number of hydrogen-bond donors (Lipinski definition) is 1. The monoisotopic (exact) mass is 276 g/mol. The van der Waals surface area contributed by atoms with Crippen LogP contribution in [0.4, 0.5) is 5.69 Å². The molecule has 0 unspecified atom stereocenters. The predicted octanol–water partition coefficient (Wildman–Crippen LogP) is 3.19. The molecule has 1 aromatic carbocycles. The van der Waals surface area contributed by atoms with Crippen LogP contribution in [0.15, 0.2) is 24.3 Å². The minimum absolute atomic E-state index is 0.146. The molecule has 0 saturated carbocycles. The van der Waals surface area contributed by atoms with Crippen molar-refractivity contribution in [3.63, 3.8) is 0 Å². The van der Waals surface area contributed by atoms with Gasteiger partial charge in [0.1, 0.15) is 5.66 Å². The van der Waals surface area contributed by atoms with Crippen LogP contribution in [-0.4, -0.2) is 34.5 Å². The summed E-state index contributed by atoms with van der Waals surface area (Å²) in [6.07, 6.45) is 3.08. The van der Waals surface area contributed by atoms with E-state index in [9.17, 15) is 4.79 Å². The number of rotatable bonds is 2. The Labute approximate surface area is 118 Å². The topological polar surface area (TPSA) is 32.3 Å². The summed E-state index contributed by atoms with van der Waals surface area (Å²) in [7, 11) is 0. The lowest BCUT2D eigenvalue weighted by Crippen LogP contribution is -2.61. The largest absolute Gasteiger partial charge is 0.362 e. The van der Waals surface area contributed by atoms with Gasteiger partial charge in [0, 0.05) is 12.2 Å². The molecule has 1 saturated heterocycles. The number of para-hydroxylation sites is 1. The van der Waals surface area contributed by atoms with E-state index in [1.54, 1.807) is 0 Å². The van der Waals surface area contributed by atoms with Crippen LogP contribution in [0.25, 0.3) is 0 Å². The highest BCUT2D eigenvalue weighted by Gasteiger charge is 2.44. The summed E-state index contributed by atoms with van der Waals surface area (Å²) >= 11 is 1.99. The van der Waals surface area contributed by atoms with Crippen molar-refractivity contribution < 1.29 is 4.79 Å². The average molecular weight is 276 g/mol. The van der Waals surface area contributed by atoms with Crippen molar-refractivity contribution in [3.8, 4) is 0 Å². The van der Waals surface area contributed by atoms with E-state index in [0.717, 1.165) is 48.6 Å². The number of carbonyl (C=O) groups excluding carboxylic acids is 1. The first kappa shape index (κ1) is 12.9. The Morgan fingerprint density at radius 2 is 2.05 bits per heavy atom. The molecule has 3 nitrogen and oxygen atoms in total. The maximum Gasteiger partial charge on any atom is 0.257 e. The van der Waals surface area contributed by atoms with Gasteiger partial charge in [-0.3, -0.25) is 4.79 Å². The highest BCUT2D eigenvalue weighted by Crippen LogP contribution is 2.39. The van der Waals surface area contributed by atoms with E-state index in [1.807, 2.05) is 36.0 Å². The summed E-state index contributed by atoms with van der Waals surface area (Å²) in [5, 5.41) is 3.67. The number of carbonyl (C=O) groups is 1. The van der Waals surface area contributed by atoms with Crippen molar-refractivity contribution >= 4 is 23.4 Å². The second kappa shape index (κ2) is 5.08. The van der Waals surface area contributed by atoms with Gasteiger partial charge >= 0.3 is 0 Å². The summed E-state index contributed by atoms with van der Waals surface area (Å²) in [6, 6.07) is 7.90. The Balaban J connectivity index is 2.02. The Kier molecular flexibility index (Phi) is 3.44. The number of fused-ring (bicyclic) bond motifs is 1. The third-order valence-electron chi connectivity index (χ3n) is 4.05. The summed E-state index contributed by atoms with van der Waals surface area (Å²) < 4.78 is 0. The van der Waals surface area contributed by atoms with Gasteiger partial charge in [-0.1, -0.05) is 19.1 Å². The molecule has 1 aromatic rings. The van der Waals surface area contributed by atoms with E-state index in [4.69, 9.17) is 0 Å². The Bertz CT molecular complexity index is 483. The summed E-state index contributed by atoms with van der Waals surface area (Å²) in [4.78, 5) is 14.8. The molecule has 1 amide bonds. The smallest absolute Gasteiger partial charge is 0.257 e. The summed E-state index contributed by atoms with van der Waals surface area (Å²) in [5.41, 5.74) is 1.68. The highest BCUT2D eigenvalue weighted by molar-refractivity contribution is 7.99. The van der Waals surface area contributed by atoms with Crippen molar-refractivity contribution in [1.29, 1.82) is 0 Å². The van der Waals surface area contributed by atoms with E-state index >= 15 is 0 Å². The third-order valence-corrected chi connectivity index (χ3v) is 5.04. The van der Waals surface area contributed by atoms with Crippen molar-refractivity contribution in [2.75, 3.05) is 23.4 Å². The SMILES string of the molecule is CCCN1C(=O)c2ccccc2NC12CCSCC2. The van der Waals surface area contributed by atoms with Crippen LogP contribution < -0.4 is 5.32 Å². The average Bonchev–Trinajstić information content (AvgIpc) is 2.45. The molecule has 2 heterocycles. The standard InChI is InChI=1S/C15H20N2OS/c1-2-9-17-14(18)12-5-3-4-6-13(12)16-15(17)7-10-19-11-8-15/h3-6,16H,2,7-11H2,1H3. The van der Waals surface area contributed by atoms with Gasteiger partial charge in [-0.15, -0.1) is 0 Å². The lowest BCUT2D eigenvalue weighted by atomic mass is 9.93. The molecule has 0 atom stereocenters. The molecule has 4 heteroatoms. The fraction of sp³-hybridized carbons (Fsp3) is 0.533. The lowest BCUT2D eigenvalue weighted by Gasteiger charge is -2.50. The second-order valence-corrected chi connectivity index (χ2v) is 6.50. The van der Waals surface area contributed by atoms with E-state index in [-0.39, 0.29) is 11.6 Å². The van der Waals surface area contributed by atoms with Gasteiger partial charge in [0.15, 0.2) is 0 Å². The maximum absolute atomic E-state index is 12.8. The van der Waals surface area contributed by atoms with Gasteiger partial charge in [-0.05, 0) is 42.9 Å². The molecule has 1 fully saturated rings. The quantitative estimate of drug-likeness (QED) is 0.900. The number of amides is 1. The first-order chi connectivity index (χ1) is 9.27. The fourth-order valence-electron chi connectivity index (χ4n) is 3.08. The zero-order chi connectivity index (χ0) is 13.3. The van der Waals surface area contributed by atoms with Crippen LogP contribution in [-0.2, 0) is 0 Å². The number of nitrogens with zero attached hydrogens (tertiary/aromatic N) is 1. The van der Waals surface area contributed by atoms with Gasteiger partial charge < -0.3 is 10.2 Å². The van der Waals surface area contributed by atoms with Crippen LogP contribution in [0.5, 0.6) is 0 Å². The van der Waals surface area contributed by atoms with Crippen molar-refractivity contribution in [3.05, 3.63) is 29.8 Å². The molecule has 0 aromatic heterocycles. The molecular formula is C15H20N2OS. The number of anilines is 1. The van der Waals surface area contributed by atoms with Crippen LogP contribution in [0.2, 0.25) is 0 Å². The predicted molar refractivity (Wildman–Crippen MR) is 80.7 cm³/mol. The number of benzene rings is 1. The first-order valence-corrected chi connectivity index (χ1v) is 8.19. The molecule has 1 spiro atoms. The molecule has 0 aliphatic carbocycles. The number of hydrogen-bond acceptors (Lipinski definition) is 3. The molecule has 2 aliphatic heterocycles. The van der Waals surface area contributed by atoms with Gasteiger partial charge in [0.25, 0.3) is 5.91 Å². The third kappa shape index (κ3) is 2.12. The van der Waals surface area contributed by atoms with Gasteiger partial charge in [0.2, 0.25) is 0 Å². The minimum Gasteiger partial charge on any atom is -0.362 e. The Morgan fingerprint density at radius 1 is 1.32 bits per heavy atom. The molecular weight excluding hydrogens is 256 g/mol. The van der Waals surface area contributed by atoms with Gasteiger partial charge in [0.05, 0.1) is 5.56 Å². The van der Waals surface area contributed by atoms with Crippen LogP contribution in [0.3, 0.4) is 0 Å². The summed E-state index contributed by atoms with van der Waals surface area (Å²) in [5.74, 6) is 2.45. The second-order valence-electron chi connectivity index (χ2n) is 5.27. The molecule has 2 aliphatic rings. The van der Waals surface area contributed by atoms with Crippen molar-refractivity contribution in [2.24, 2.45) is 0 Å². The van der Waals surface area contributed by atoms with E-state index in [0.29, 0.717) is 0 Å². The normalized spacial score (nSPS) is 21.1. The molecule has 1 N–H and O–H groups in total.